The lowest BCUT2D eigenvalue weighted by atomic mass is 10.3. The van der Waals surface area contributed by atoms with Gasteiger partial charge in [-0.25, -0.2) is 9.67 Å². The fraction of sp³-hybridized carbons (Fsp3) is 0.267. The topological polar surface area (TPSA) is 107 Å². The van der Waals surface area contributed by atoms with Gasteiger partial charge in [-0.15, -0.1) is 16.9 Å². The van der Waals surface area contributed by atoms with Crippen molar-refractivity contribution < 1.29 is 4.79 Å². The summed E-state index contributed by atoms with van der Waals surface area (Å²) >= 11 is 1.54. The van der Waals surface area contributed by atoms with Crippen LogP contribution in [0.3, 0.4) is 0 Å². The van der Waals surface area contributed by atoms with Gasteiger partial charge in [-0.1, -0.05) is 19.1 Å². The number of carbonyl (C=O) groups is 1. The number of amides is 1. The number of rotatable bonds is 6. The molecule has 0 saturated carbocycles. The molecule has 0 radical (unpaired) electrons. The highest BCUT2D eigenvalue weighted by Gasteiger charge is 2.11. The predicted molar refractivity (Wildman–Crippen MR) is 85.4 cm³/mol. The zero-order valence-corrected chi connectivity index (χ0v) is 13.2. The van der Waals surface area contributed by atoms with E-state index >= 15 is 0 Å². The monoisotopic (exact) mass is 326 g/mol. The molecule has 0 aliphatic carbocycles. The van der Waals surface area contributed by atoms with E-state index in [1.807, 2.05) is 31.2 Å². The van der Waals surface area contributed by atoms with E-state index in [1.54, 1.807) is 6.07 Å². The normalized spacial score (nSPS) is 11.3. The molecule has 0 unspecified atom stereocenters. The lowest BCUT2D eigenvalue weighted by molar-refractivity contribution is -0.116. The molecule has 0 fully saturated rings. The van der Waals surface area contributed by atoms with Crippen molar-refractivity contribution in [1.82, 2.24) is 14.8 Å². The second kappa shape index (κ2) is 7.97. The Labute approximate surface area is 137 Å². The van der Waals surface area contributed by atoms with Gasteiger partial charge in [0.2, 0.25) is 5.91 Å². The predicted octanol–water partition coefficient (Wildman–Crippen LogP) is 2.18. The van der Waals surface area contributed by atoms with Gasteiger partial charge in [0.25, 0.3) is 5.82 Å². The number of hydrogen-bond donors (Lipinski definition) is 1. The van der Waals surface area contributed by atoms with Crippen LogP contribution < -0.4 is 5.32 Å². The average molecular weight is 326 g/mol. The smallest absolute Gasteiger partial charge is 0.252 e. The molecule has 1 atom stereocenters. The Morgan fingerprint density at radius 2 is 2.22 bits per heavy atom. The van der Waals surface area contributed by atoms with Gasteiger partial charge < -0.3 is 5.32 Å². The average Bonchev–Trinajstić information content (AvgIpc) is 2.97. The molecule has 1 heterocycles. The van der Waals surface area contributed by atoms with Gasteiger partial charge in [0, 0.05) is 16.6 Å². The van der Waals surface area contributed by atoms with E-state index in [0.29, 0.717) is 12.1 Å². The van der Waals surface area contributed by atoms with Crippen LogP contribution >= 0.6 is 11.8 Å². The van der Waals surface area contributed by atoms with E-state index in [2.05, 4.69) is 21.5 Å². The summed E-state index contributed by atoms with van der Waals surface area (Å²) in [6, 6.07) is 11.4. The first kappa shape index (κ1) is 16.5. The zero-order valence-electron chi connectivity index (χ0n) is 12.4. The molecule has 8 heteroatoms. The first-order valence-corrected chi connectivity index (χ1v) is 7.72. The highest BCUT2D eigenvalue weighted by atomic mass is 32.2. The van der Waals surface area contributed by atoms with Crippen molar-refractivity contribution in [2.45, 2.75) is 30.0 Å². The molecule has 1 N–H and O–H groups in total. The molecule has 1 aromatic heterocycles. The Kier molecular flexibility index (Phi) is 5.73. The second-order valence-electron chi connectivity index (χ2n) is 4.71. The SMILES string of the molecule is C[C@@H](CC#N)Sc1ccccc1NC(=O)Cn1cnc(C#N)n1. The van der Waals surface area contributed by atoms with Crippen molar-refractivity contribution in [3.05, 3.63) is 36.4 Å². The molecule has 0 aliphatic heterocycles. The molecule has 7 nitrogen and oxygen atoms in total. The molecular formula is C15H14N6OS. The van der Waals surface area contributed by atoms with Crippen molar-refractivity contribution in [1.29, 1.82) is 10.5 Å². The summed E-state index contributed by atoms with van der Waals surface area (Å²) in [7, 11) is 0. The van der Waals surface area contributed by atoms with Gasteiger partial charge >= 0.3 is 0 Å². The Morgan fingerprint density at radius 1 is 1.43 bits per heavy atom. The number of benzene rings is 1. The third-order valence-corrected chi connectivity index (χ3v) is 3.99. The molecule has 116 valence electrons. The van der Waals surface area contributed by atoms with Gasteiger partial charge in [-0.2, -0.15) is 10.5 Å². The van der Waals surface area contributed by atoms with Crippen LogP contribution in [0.1, 0.15) is 19.2 Å². The minimum absolute atomic E-state index is 0.0264. The van der Waals surface area contributed by atoms with Crippen LogP contribution in [0.4, 0.5) is 5.69 Å². The summed E-state index contributed by atoms with van der Waals surface area (Å²) in [4.78, 5) is 16.7. The lowest BCUT2D eigenvalue weighted by Gasteiger charge is -2.13. The molecule has 0 bridgehead atoms. The third kappa shape index (κ3) is 4.83. The molecule has 23 heavy (non-hydrogen) atoms. The number of para-hydroxylation sites is 1. The molecule has 0 saturated heterocycles. The second-order valence-corrected chi connectivity index (χ2v) is 6.19. The fourth-order valence-corrected chi connectivity index (χ4v) is 2.81. The first-order valence-electron chi connectivity index (χ1n) is 6.84. The van der Waals surface area contributed by atoms with E-state index in [9.17, 15) is 4.79 Å². The van der Waals surface area contributed by atoms with E-state index in [4.69, 9.17) is 10.5 Å². The number of anilines is 1. The minimum Gasteiger partial charge on any atom is -0.323 e. The van der Waals surface area contributed by atoms with Crippen molar-refractivity contribution >= 4 is 23.4 Å². The molecule has 0 spiro atoms. The van der Waals surface area contributed by atoms with E-state index in [1.165, 1.54) is 22.8 Å². The zero-order chi connectivity index (χ0) is 16.7. The third-order valence-electron chi connectivity index (χ3n) is 2.81. The van der Waals surface area contributed by atoms with Crippen LogP contribution in [0, 0.1) is 22.7 Å². The van der Waals surface area contributed by atoms with Crippen molar-refractivity contribution in [3.63, 3.8) is 0 Å². The summed E-state index contributed by atoms with van der Waals surface area (Å²) in [5.74, 6) is -0.237. The van der Waals surface area contributed by atoms with E-state index in [0.717, 1.165) is 4.90 Å². The lowest BCUT2D eigenvalue weighted by Crippen LogP contribution is -2.19. The molecule has 1 aromatic carbocycles. The van der Waals surface area contributed by atoms with Crippen molar-refractivity contribution in [2.24, 2.45) is 0 Å². The van der Waals surface area contributed by atoms with Crippen LogP contribution in [0.5, 0.6) is 0 Å². The number of carbonyl (C=O) groups excluding carboxylic acids is 1. The Morgan fingerprint density at radius 3 is 2.91 bits per heavy atom. The molecule has 1 amide bonds. The maximum atomic E-state index is 12.1. The number of nitrogens with one attached hydrogen (secondary N) is 1. The summed E-state index contributed by atoms with van der Waals surface area (Å²) in [5.41, 5.74) is 0.688. The molecule has 2 aromatic rings. The molecule has 2 rings (SSSR count). The minimum atomic E-state index is -0.264. The van der Waals surface area contributed by atoms with Crippen LogP contribution in [-0.4, -0.2) is 25.9 Å². The quantitative estimate of drug-likeness (QED) is 0.815. The Balaban J connectivity index is 2.03. The largest absolute Gasteiger partial charge is 0.323 e. The molecule has 0 aliphatic rings. The Bertz CT molecular complexity index is 773. The summed E-state index contributed by atoms with van der Waals surface area (Å²) in [6.07, 6.45) is 1.77. The number of nitriles is 2. The number of nitrogens with zero attached hydrogens (tertiary/aromatic N) is 5. The summed E-state index contributed by atoms with van der Waals surface area (Å²) in [6.45, 7) is 1.94. The van der Waals surface area contributed by atoms with Crippen LogP contribution in [0.15, 0.2) is 35.5 Å². The highest BCUT2D eigenvalue weighted by Crippen LogP contribution is 2.31. The van der Waals surface area contributed by atoms with Gasteiger partial charge in [-0.05, 0) is 12.1 Å². The highest BCUT2D eigenvalue weighted by molar-refractivity contribution is 8.00. The van der Waals surface area contributed by atoms with Crippen molar-refractivity contribution in [3.8, 4) is 12.1 Å². The van der Waals surface area contributed by atoms with E-state index in [-0.39, 0.29) is 23.5 Å². The first-order chi connectivity index (χ1) is 11.1. The van der Waals surface area contributed by atoms with Crippen LogP contribution in [-0.2, 0) is 11.3 Å². The maximum Gasteiger partial charge on any atom is 0.252 e. The fourth-order valence-electron chi connectivity index (χ4n) is 1.82. The summed E-state index contributed by atoms with van der Waals surface area (Å²) in [5, 5.41) is 24.2. The number of aromatic nitrogens is 3. The summed E-state index contributed by atoms with van der Waals surface area (Å²) < 4.78 is 1.31. The van der Waals surface area contributed by atoms with Gasteiger partial charge in [0.1, 0.15) is 18.9 Å². The standard InChI is InChI=1S/C15H14N6OS/c1-11(6-7-16)23-13-5-3-2-4-12(13)19-15(22)9-21-10-18-14(8-17)20-21/h2-5,10-11H,6,9H2,1H3,(H,19,22)/t11-/m0/s1. The van der Waals surface area contributed by atoms with Crippen LogP contribution in [0.2, 0.25) is 0 Å². The van der Waals surface area contributed by atoms with Gasteiger partial charge in [-0.3, -0.25) is 4.79 Å². The Hall–Kier alpha value is -2.84. The van der Waals surface area contributed by atoms with E-state index < -0.39 is 0 Å². The molecular weight excluding hydrogens is 312 g/mol. The van der Waals surface area contributed by atoms with Gasteiger partial charge in [0.15, 0.2) is 0 Å². The maximum absolute atomic E-state index is 12.1. The van der Waals surface area contributed by atoms with Crippen LogP contribution in [0.25, 0.3) is 0 Å². The number of thioether (sulfide) groups is 1. The number of hydrogen-bond acceptors (Lipinski definition) is 6. The van der Waals surface area contributed by atoms with Gasteiger partial charge in [0.05, 0.1) is 11.8 Å². The van der Waals surface area contributed by atoms with Crippen molar-refractivity contribution in [2.75, 3.05) is 5.32 Å².